The fraction of sp³-hybridized carbons (Fsp3) is 0.556. The lowest BCUT2D eigenvalue weighted by molar-refractivity contribution is 0.0169. The van der Waals surface area contributed by atoms with Gasteiger partial charge in [-0.25, -0.2) is 0 Å². The highest BCUT2D eigenvalue weighted by atomic mass is 35.5. The highest BCUT2D eigenvalue weighted by Gasteiger charge is 2.19. The number of hydrogen-bond donors (Lipinski definition) is 2. The summed E-state index contributed by atoms with van der Waals surface area (Å²) in [5.74, 6) is 0.363. The number of halogens is 1. The Kier molecular flexibility index (Phi) is 4.19. The van der Waals surface area contributed by atoms with Crippen LogP contribution >= 0.6 is 22.9 Å². The van der Waals surface area contributed by atoms with Crippen LogP contribution in [0.5, 0.6) is 0 Å². The Hall–Kier alpha value is -0.0900. The maximum absolute atomic E-state index is 9.69. The zero-order chi connectivity index (χ0) is 9.84. The molecule has 2 N–H and O–H groups in total. The Morgan fingerprint density at radius 1 is 1.46 bits per heavy atom. The molecular weight excluding hydrogens is 208 g/mol. The second-order valence-electron chi connectivity index (χ2n) is 3.00. The third-order valence-electron chi connectivity index (χ3n) is 1.98. The van der Waals surface area contributed by atoms with Gasteiger partial charge in [0.15, 0.2) is 0 Å². The summed E-state index contributed by atoms with van der Waals surface area (Å²) in [6.07, 6.45) is -1.14. The molecular formula is C9H13ClO2S. The Balaban J connectivity index is 2.67. The molecule has 1 aromatic heterocycles. The molecule has 0 amide bonds. The SMILES string of the molecule is Cc1cscc1C(O)C(O)CCCl. The molecule has 0 bridgehead atoms. The van der Waals surface area contributed by atoms with Crippen molar-refractivity contribution in [2.24, 2.45) is 0 Å². The monoisotopic (exact) mass is 220 g/mol. The molecule has 0 fully saturated rings. The van der Waals surface area contributed by atoms with Crippen LogP contribution < -0.4 is 0 Å². The maximum atomic E-state index is 9.69. The first-order valence-corrected chi connectivity index (χ1v) is 5.59. The zero-order valence-electron chi connectivity index (χ0n) is 7.40. The summed E-state index contributed by atoms with van der Waals surface area (Å²) in [4.78, 5) is 0. The van der Waals surface area contributed by atoms with Crippen molar-refractivity contribution in [3.63, 3.8) is 0 Å². The summed E-state index contributed by atoms with van der Waals surface area (Å²) in [6, 6.07) is 0. The molecule has 2 nitrogen and oxygen atoms in total. The van der Waals surface area contributed by atoms with Gasteiger partial charge in [-0.1, -0.05) is 0 Å². The lowest BCUT2D eigenvalue weighted by Gasteiger charge is -2.16. The molecule has 4 heteroatoms. The van der Waals surface area contributed by atoms with E-state index >= 15 is 0 Å². The maximum Gasteiger partial charge on any atom is 0.106 e. The van der Waals surface area contributed by atoms with Crippen molar-refractivity contribution in [1.29, 1.82) is 0 Å². The van der Waals surface area contributed by atoms with Crippen LogP contribution in [0.2, 0.25) is 0 Å². The average molecular weight is 221 g/mol. The van der Waals surface area contributed by atoms with Gasteiger partial charge in [0.25, 0.3) is 0 Å². The van der Waals surface area contributed by atoms with Crippen molar-refractivity contribution in [3.8, 4) is 0 Å². The van der Waals surface area contributed by atoms with Gasteiger partial charge in [0.2, 0.25) is 0 Å². The van der Waals surface area contributed by atoms with Gasteiger partial charge in [-0.2, -0.15) is 11.3 Å². The lowest BCUT2D eigenvalue weighted by Crippen LogP contribution is -2.18. The lowest BCUT2D eigenvalue weighted by atomic mass is 10.0. The van der Waals surface area contributed by atoms with E-state index in [1.54, 1.807) is 0 Å². The molecule has 1 rings (SSSR count). The van der Waals surface area contributed by atoms with Crippen molar-refractivity contribution in [2.45, 2.75) is 25.6 Å². The average Bonchev–Trinajstić information content (AvgIpc) is 2.50. The third-order valence-corrected chi connectivity index (χ3v) is 3.08. The number of aliphatic hydroxyl groups excluding tert-OH is 2. The molecule has 0 aliphatic rings. The summed E-state index contributed by atoms with van der Waals surface area (Å²) in [6.45, 7) is 1.92. The normalized spacial score (nSPS) is 15.7. The van der Waals surface area contributed by atoms with E-state index in [0.717, 1.165) is 11.1 Å². The molecule has 1 heterocycles. The predicted octanol–water partition coefficient (Wildman–Crippen LogP) is 2.08. The number of aryl methyl sites for hydroxylation is 1. The molecule has 0 aliphatic carbocycles. The van der Waals surface area contributed by atoms with E-state index in [9.17, 15) is 10.2 Å². The summed E-state index contributed by atoms with van der Waals surface area (Å²) < 4.78 is 0. The molecule has 0 aliphatic heterocycles. The molecule has 1 aromatic rings. The van der Waals surface area contributed by atoms with Gasteiger partial charge in [-0.05, 0) is 35.2 Å². The Bertz CT molecular complexity index is 262. The van der Waals surface area contributed by atoms with E-state index in [0.29, 0.717) is 12.3 Å². The smallest absolute Gasteiger partial charge is 0.106 e. The van der Waals surface area contributed by atoms with Crippen molar-refractivity contribution in [2.75, 3.05) is 5.88 Å². The second kappa shape index (κ2) is 4.96. The highest BCUT2D eigenvalue weighted by molar-refractivity contribution is 7.08. The van der Waals surface area contributed by atoms with Crippen LogP contribution in [0.15, 0.2) is 10.8 Å². The van der Waals surface area contributed by atoms with E-state index in [-0.39, 0.29) is 0 Å². The minimum absolute atomic E-state index is 0.363. The van der Waals surface area contributed by atoms with Crippen LogP contribution in [0.1, 0.15) is 23.7 Å². The highest BCUT2D eigenvalue weighted by Crippen LogP contribution is 2.25. The van der Waals surface area contributed by atoms with Crippen LogP contribution in [0, 0.1) is 6.92 Å². The number of aliphatic hydroxyl groups is 2. The standard InChI is InChI=1S/C9H13ClO2S/c1-6-4-13-5-7(6)9(12)8(11)2-3-10/h4-5,8-9,11-12H,2-3H2,1H3. The summed E-state index contributed by atoms with van der Waals surface area (Å²) >= 11 is 7.00. The van der Waals surface area contributed by atoms with Gasteiger partial charge < -0.3 is 10.2 Å². The van der Waals surface area contributed by atoms with Gasteiger partial charge in [0.05, 0.1) is 6.10 Å². The van der Waals surface area contributed by atoms with E-state index < -0.39 is 12.2 Å². The van der Waals surface area contributed by atoms with Crippen LogP contribution in [-0.2, 0) is 0 Å². The first kappa shape index (κ1) is 11.0. The molecule has 0 saturated carbocycles. The first-order valence-electron chi connectivity index (χ1n) is 4.11. The van der Waals surface area contributed by atoms with E-state index in [4.69, 9.17) is 11.6 Å². The van der Waals surface area contributed by atoms with Crippen molar-refractivity contribution in [1.82, 2.24) is 0 Å². The molecule has 2 unspecified atom stereocenters. The topological polar surface area (TPSA) is 40.5 Å². The van der Waals surface area contributed by atoms with Crippen LogP contribution in [0.3, 0.4) is 0 Å². The van der Waals surface area contributed by atoms with Gasteiger partial charge in [0, 0.05) is 5.88 Å². The number of hydrogen-bond acceptors (Lipinski definition) is 3. The minimum atomic E-state index is -0.801. The Morgan fingerprint density at radius 2 is 2.15 bits per heavy atom. The van der Waals surface area contributed by atoms with Gasteiger partial charge in [-0.15, -0.1) is 11.6 Å². The predicted molar refractivity (Wildman–Crippen MR) is 55.4 cm³/mol. The summed E-state index contributed by atoms with van der Waals surface area (Å²) in [5.41, 5.74) is 1.83. The fourth-order valence-electron chi connectivity index (χ4n) is 1.15. The van der Waals surface area contributed by atoms with E-state index in [1.165, 1.54) is 11.3 Å². The summed E-state index contributed by atoms with van der Waals surface area (Å²) in [7, 11) is 0. The van der Waals surface area contributed by atoms with Crippen LogP contribution in [0.25, 0.3) is 0 Å². The number of alkyl halides is 1. The molecule has 0 aromatic carbocycles. The largest absolute Gasteiger partial charge is 0.390 e. The molecule has 0 radical (unpaired) electrons. The van der Waals surface area contributed by atoms with E-state index in [1.807, 2.05) is 17.7 Å². The zero-order valence-corrected chi connectivity index (χ0v) is 8.98. The van der Waals surface area contributed by atoms with Crippen molar-refractivity contribution < 1.29 is 10.2 Å². The number of thiophene rings is 1. The quantitative estimate of drug-likeness (QED) is 0.763. The molecule has 13 heavy (non-hydrogen) atoms. The van der Waals surface area contributed by atoms with Gasteiger partial charge in [0.1, 0.15) is 6.10 Å². The summed E-state index contributed by atoms with van der Waals surface area (Å²) in [5, 5.41) is 23.0. The minimum Gasteiger partial charge on any atom is -0.390 e. The molecule has 74 valence electrons. The molecule has 0 saturated heterocycles. The van der Waals surface area contributed by atoms with Gasteiger partial charge in [-0.3, -0.25) is 0 Å². The third kappa shape index (κ3) is 2.68. The van der Waals surface area contributed by atoms with Gasteiger partial charge >= 0.3 is 0 Å². The molecule has 2 atom stereocenters. The fourth-order valence-corrected chi connectivity index (χ4v) is 2.25. The first-order chi connectivity index (χ1) is 6.16. The number of rotatable bonds is 4. The van der Waals surface area contributed by atoms with Crippen LogP contribution in [-0.4, -0.2) is 22.2 Å². The molecule has 0 spiro atoms. The van der Waals surface area contributed by atoms with E-state index in [2.05, 4.69) is 0 Å². The Morgan fingerprint density at radius 3 is 2.62 bits per heavy atom. The van der Waals surface area contributed by atoms with Crippen molar-refractivity contribution in [3.05, 3.63) is 21.9 Å². The van der Waals surface area contributed by atoms with Crippen LogP contribution in [0.4, 0.5) is 0 Å². The second-order valence-corrected chi connectivity index (χ2v) is 4.12. The van der Waals surface area contributed by atoms with Crippen molar-refractivity contribution >= 4 is 22.9 Å². The Labute approximate surface area is 86.8 Å².